The van der Waals surface area contributed by atoms with Gasteiger partial charge in [0.05, 0.1) is 0 Å². The molecule has 9 aromatic carbocycles. The Balaban J connectivity index is 1.04. The molecular formula is C52H33N3OS. The van der Waals surface area contributed by atoms with Crippen molar-refractivity contribution in [3.8, 4) is 11.1 Å². The standard InChI is InChI=1S/C52H33N3OS/c1-55-51(53-50(31-14-3-2-4-15-31)54-52(55)43-28-32-16-5-6-17-34(32)35-18-7-8-19-36(35)43)41-23-13-24-44-48(41)39-27-26-33(29-45(39)56-44)42-30-47-49(38-21-10-9-20-37(38)42)40-22-11-12-25-46(40)57-47/h2-30,51H,1H3. The van der Waals surface area contributed by atoms with Gasteiger partial charge in [-0.3, -0.25) is 0 Å². The van der Waals surface area contributed by atoms with Crippen LogP contribution in [-0.2, 0) is 0 Å². The zero-order valence-corrected chi connectivity index (χ0v) is 31.8. The molecule has 12 rings (SSSR count). The van der Waals surface area contributed by atoms with Gasteiger partial charge in [-0.25, -0.2) is 9.98 Å². The van der Waals surface area contributed by atoms with E-state index in [0.717, 1.165) is 55.4 Å². The largest absolute Gasteiger partial charge is 0.456 e. The summed E-state index contributed by atoms with van der Waals surface area (Å²) in [7, 11) is 2.12. The topological polar surface area (TPSA) is 41.1 Å². The third-order valence-electron chi connectivity index (χ3n) is 11.7. The first-order valence-electron chi connectivity index (χ1n) is 19.3. The van der Waals surface area contributed by atoms with Crippen molar-refractivity contribution in [3.63, 3.8) is 0 Å². The molecule has 4 nitrogen and oxygen atoms in total. The summed E-state index contributed by atoms with van der Waals surface area (Å²) >= 11 is 1.86. The second-order valence-corrected chi connectivity index (χ2v) is 16.0. The van der Waals surface area contributed by atoms with Gasteiger partial charge in [-0.15, -0.1) is 11.3 Å². The number of fused-ring (bicyclic) bond motifs is 11. The highest BCUT2D eigenvalue weighted by atomic mass is 32.1. The van der Waals surface area contributed by atoms with Crippen LogP contribution in [0, 0.1) is 0 Å². The number of benzene rings is 9. The molecule has 0 radical (unpaired) electrons. The average molecular weight is 748 g/mol. The van der Waals surface area contributed by atoms with Gasteiger partial charge in [0.25, 0.3) is 0 Å². The van der Waals surface area contributed by atoms with Crippen LogP contribution in [0.4, 0.5) is 0 Å². The van der Waals surface area contributed by atoms with E-state index in [1.54, 1.807) is 0 Å². The van der Waals surface area contributed by atoms with Crippen LogP contribution in [0.3, 0.4) is 0 Å². The highest BCUT2D eigenvalue weighted by molar-refractivity contribution is 7.26. The molecule has 0 bridgehead atoms. The number of hydrogen-bond acceptors (Lipinski definition) is 5. The molecule has 5 heteroatoms. The van der Waals surface area contributed by atoms with Crippen molar-refractivity contribution in [1.82, 2.24) is 4.90 Å². The van der Waals surface area contributed by atoms with Crippen LogP contribution in [-0.4, -0.2) is 23.6 Å². The van der Waals surface area contributed by atoms with Gasteiger partial charge in [-0.1, -0.05) is 140 Å². The molecule has 0 fully saturated rings. The summed E-state index contributed by atoms with van der Waals surface area (Å²) in [5, 5.41) is 12.1. The van der Waals surface area contributed by atoms with E-state index in [-0.39, 0.29) is 6.17 Å². The van der Waals surface area contributed by atoms with Crippen molar-refractivity contribution in [2.45, 2.75) is 6.17 Å². The van der Waals surface area contributed by atoms with Crippen LogP contribution < -0.4 is 0 Å². The Labute approximate surface area is 332 Å². The molecule has 3 heterocycles. The predicted octanol–water partition coefficient (Wildman–Crippen LogP) is 13.9. The van der Waals surface area contributed by atoms with Crippen molar-refractivity contribution in [2.24, 2.45) is 9.98 Å². The van der Waals surface area contributed by atoms with Gasteiger partial charge in [0.15, 0.2) is 12.0 Å². The second kappa shape index (κ2) is 12.5. The fraction of sp³-hybridized carbons (Fsp3) is 0.0385. The Morgan fingerprint density at radius 2 is 1.19 bits per heavy atom. The molecule has 0 amide bonds. The average Bonchev–Trinajstić information content (AvgIpc) is 3.84. The summed E-state index contributed by atoms with van der Waals surface area (Å²) < 4.78 is 9.36. The van der Waals surface area contributed by atoms with Gasteiger partial charge in [0, 0.05) is 54.7 Å². The fourth-order valence-corrected chi connectivity index (χ4v) is 10.2. The molecule has 1 aliphatic rings. The normalized spacial score (nSPS) is 14.8. The molecule has 1 aliphatic heterocycles. The van der Waals surface area contributed by atoms with Gasteiger partial charge in [0.1, 0.15) is 17.0 Å². The number of hydrogen-bond donors (Lipinski definition) is 0. The summed E-state index contributed by atoms with van der Waals surface area (Å²) in [6.45, 7) is 0. The number of furan rings is 1. The molecule has 0 saturated heterocycles. The van der Waals surface area contributed by atoms with Crippen LogP contribution in [0.2, 0.25) is 0 Å². The van der Waals surface area contributed by atoms with E-state index in [4.69, 9.17) is 14.4 Å². The summed E-state index contributed by atoms with van der Waals surface area (Å²) in [5.41, 5.74) is 7.18. The van der Waals surface area contributed by atoms with Crippen molar-refractivity contribution >= 4 is 97.4 Å². The van der Waals surface area contributed by atoms with Gasteiger partial charge in [0.2, 0.25) is 0 Å². The molecule has 2 aromatic heterocycles. The summed E-state index contributed by atoms with van der Waals surface area (Å²) in [5.74, 6) is 1.59. The summed E-state index contributed by atoms with van der Waals surface area (Å²) in [6, 6.07) is 62.8. The Hall–Kier alpha value is -7.08. The number of amidine groups is 2. The third kappa shape index (κ3) is 4.92. The molecule has 57 heavy (non-hydrogen) atoms. The first-order chi connectivity index (χ1) is 28.2. The van der Waals surface area contributed by atoms with Crippen LogP contribution in [0.15, 0.2) is 190 Å². The second-order valence-electron chi connectivity index (χ2n) is 14.9. The van der Waals surface area contributed by atoms with E-state index in [9.17, 15) is 0 Å². The zero-order chi connectivity index (χ0) is 37.6. The third-order valence-corrected chi connectivity index (χ3v) is 12.8. The maximum absolute atomic E-state index is 6.76. The Morgan fingerprint density at radius 1 is 0.491 bits per heavy atom. The van der Waals surface area contributed by atoms with Crippen molar-refractivity contribution in [1.29, 1.82) is 0 Å². The summed E-state index contributed by atoms with van der Waals surface area (Å²) in [6.07, 6.45) is -0.360. The molecule has 268 valence electrons. The monoisotopic (exact) mass is 747 g/mol. The minimum Gasteiger partial charge on any atom is -0.456 e. The van der Waals surface area contributed by atoms with Crippen molar-refractivity contribution < 1.29 is 4.42 Å². The van der Waals surface area contributed by atoms with Crippen LogP contribution >= 0.6 is 11.3 Å². The van der Waals surface area contributed by atoms with Crippen LogP contribution in [0.5, 0.6) is 0 Å². The van der Waals surface area contributed by atoms with E-state index in [1.807, 2.05) is 17.4 Å². The van der Waals surface area contributed by atoms with E-state index in [0.29, 0.717) is 5.84 Å². The van der Waals surface area contributed by atoms with E-state index in [2.05, 4.69) is 182 Å². The predicted molar refractivity (Wildman–Crippen MR) is 241 cm³/mol. The first-order valence-corrected chi connectivity index (χ1v) is 20.1. The SMILES string of the molecule is CN1C(c2cc3ccccc3c3ccccc23)=NC(c2ccccc2)=NC1c1cccc2oc3cc(-c4cc5sc6ccccc6c5c5ccccc45)ccc3c12. The fourth-order valence-electron chi connectivity index (χ4n) is 9.08. The molecule has 11 aromatic rings. The minimum atomic E-state index is -0.360. The van der Waals surface area contributed by atoms with E-state index in [1.165, 1.54) is 52.7 Å². The molecule has 0 spiro atoms. The quantitative estimate of drug-likeness (QED) is 0.168. The number of nitrogens with zero attached hydrogens (tertiary/aromatic N) is 3. The van der Waals surface area contributed by atoms with E-state index < -0.39 is 0 Å². The molecule has 1 unspecified atom stereocenters. The minimum absolute atomic E-state index is 0.360. The van der Waals surface area contributed by atoms with Crippen LogP contribution in [0.25, 0.3) is 85.6 Å². The summed E-state index contributed by atoms with van der Waals surface area (Å²) in [4.78, 5) is 13.0. The van der Waals surface area contributed by atoms with Gasteiger partial charge >= 0.3 is 0 Å². The highest BCUT2D eigenvalue weighted by Crippen LogP contribution is 2.45. The lowest BCUT2D eigenvalue weighted by Crippen LogP contribution is -2.36. The smallest absolute Gasteiger partial charge is 0.159 e. The maximum Gasteiger partial charge on any atom is 0.159 e. The lowest BCUT2D eigenvalue weighted by atomic mass is 9.94. The van der Waals surface area contributed by atoms with Gasteiger partial charge < -0.3 is 9.32 Å². The van der Waals surface area contributed by atoms with Crippen molar-refractivity contribution in [2.75, 3.05) is 7.05 Å². The van der Waals surface area contributed by atoms with Gasteiger partial charge in [-0.2, -0.15) is 0 Å². The number of aliphatic imine (C=N–C) groups is 2. The lowest BCUT2D eigenvalue weighted by Gasteiger charge is -2.33. The molecule has 0 aliphatic carbocycles. The lowest BCUT2D eigenvalue weighted by molar-refractivity contribution is 0.385. The van der Waals surface area contributed by atoms with Crippen molar-refractivity contribution in [3.05, 3.63) is 193 Å². The van der Waals surface area contributed by atoms with Crippen LogP contribution in [0.1, 0.15) is 22.9 Å². The Kier molecular flexibility index (Phi) is 7.04. The highest BCUT2D eigenvalue weighted by Gasteiger charge is 2.30. The van der Waals surface area contributed by atoms with E-state index >= 15 is 0 Å². The number of thiophene rings is 1. The molecular weight excluding hydrogens is 715 g/mol. The zero-order valence-electron chi connectivity index (χ0n) is 31.0. The molecule has 1 atom stereocenters. The molecule has 0 saturated carbocycles. The first kappa shape index (κ1) is 32.2. The Bertz CT molecular complexity index is 3500. The number of rotatable bonds is 4. The maximum atomic E-state index is 6.76. The molecule has 0 N–H and O–H groups in total. The Morgan fingerprint density at radius 3 is 2.04 bits per heavy atom. The van der Waals surface area contributed by atoms with Gasteiger partial charge in [-0.05, 0) is 79.8 Å².